The summed E-state index contributed by atoms with van der Waals surface area (Å²) in [5, 5.41) is 41.6. The van der Waals surface area contributed by atoms with Crippen molar-refractivity contribution in [1.29, 1.82) is 0 Å². The lowest BCUT2D eigenvalue weighted by Gasteiger charge is -2.35. The van der Waals surface area contributed by atoms with Crippen molar-refractivity contribution in [2.45, 2.75) is 83.3 Å². The minimum Gasteiger partial charge on any atom is -0.480 e. The quantitative estimate of drug-likeness (QED) is 0.0684. The number of alkyl carbamates (subject to hydrolysis) is 1. The Labute approximate surface area is 335 Å². The number of imide groups is 1. The molecule has 5 N–H and O–H groups in total. The monoisotopic (exact) mass is 824 g/mol. The second-order valence-electron chi connectivity index (χ2n) is 15.0. The molecule has 1 unspecified atom stereocenters. The zero-order chi connectivity index (χ0) is 42.8. The van der Waals surface area contributed by atoms with Gasteiger partial charge in [0.25, 0.3) is 11.8 Å². The first-order valence-corrected chi connectivity index (χ1v) is 19.5. The van der Waals surface area contributed by atoms with Crippen molar-refractivity contribution in [1.82, 2.24) is 30.0 Å². The first kappa shape index (κ1) is 47.4. The fourth-order valence-corrected chi connectivity index (χ4v) is 6.94. The highest BCUT2D eigenvalue weighted by molar-refractivity contribution is 6.01. The molecule has 21 nitrogen and oxygen atoms in total. The van der Waals surface area contributed by atoms with Crippen LogP contribution in [0.4, 0.5) is 4.79 Å². The molecular weight excluding hydrogens is 768 g/mol. The molecule has 3 atom stereocenters. The predicted octanol–water partition coefficient (Wildman–Crippen LogP) is -0.117. The Morgan fingerprint density at radius 2 is 1.29 bits per heavy atom. The van der Waals surface area contributed by atoms with Crippen molar-refractivity contribution in [3.8, 4) is 0 Å². The molecule has 0 aromatic heterocycles. The average molecular weight is 825 g/mol. The highest BCUT2D eigenvalue weighted by atomic mass is 16.7. The van der Waals surface area contributed by atoms with Crippen LogP contribution >= 0.6 is 0 Å². The molecule has 21 heteroatoms. The molecule has 0 saturated carbocycles. The van der Waals surface area contributed by atoms with Crippen LogP contribution in [0.5, 0.6) is 0 Å². The zero-order valence-corrected chi connectivity index (χ0v) is 32.9. The van der Waals surface area contributed by atoms with E-state index in [4.69, 9.17) is 9.57 Å². The maximum Gasteiger partial charge on any atom is 0.407 e. The van der Waals surface area contributed by atoms with Gasteiger partial charge in [-0.1, -0.05) is 6.08 Å². The standard InChI is InChI=1S/C37H56N6O15/c1-37(35(55)58-43-29(45)9-10-30(43)46)12-3-2-6-27(11-13-37)57-36(56)38-14-4-5-26(44)7-8-28(34(53)54)42-21-19-40(24-32(49)50)17-15-39(23-31(47)48)16-18-41(20-22-42)25-33(51)52/h2,6,27-28H,3-5,7-25H2,1H3,(H,38,56)(H,47,48)(H,49,50)(H,51,52)(H,53,54)/b6-2+/t27-,28?,37+/m1/s1. The SMILES string of the molecule is C[C@]1(C(=O)ON2C(=O)CCC2=O)CC/C=C/[C@@H](OC(=O)NCCCC(=O)CCC(C(=O)O)N2CCN(CC(=O)O)CCN(CC(=O)O)CCN(CC(=O)O)CC2)CC1. The van der Waals surface area contributed by atoms with Crippen LogP contribution < -0.4 is 5.32 Å². The molecule has 2 aliphatic heterocycles. The van der Waals surface area contributed by atoms with Gasteiger partial charge in [-0.2, -0.15) is 0 Å². The maximum absolute atomic E-state index is 13.0. The lowest BCUT2D eigenvalue weighted by molar-refractivity contribution is -0.205. The third kappa shape index (κ3) is 16.5. The number of aliphatic carboxylic acids is 4. The third-order valence-electron chi connectivity index (χ3n) is 10.4. The number of hydrogen-bond donors (Lipinski definition) is 5. The summed E-state index contributed by atoms with van der Waals surface area (Å²) in [6, 6.07) is -1.15. The summed E-state index contributed by atoms with van der Waals surface area (Å²) >= 11 is 0. The van der Waals surface area contributed by atoms with Crippen LogP contribution in [0, 0.1) is 5.41 Å². The number of nitrogens with one attached hydrogen (secondary N) is 1. The fourth-order valence-electron chi connectivity index (χ4n) is 6.94. The Hall–Kier alpha value is -4.99. The molecule has 0 aromatic rings. The van der Waals surface area contributed by atoms with Crippen LogP contribution in [0.2, 0.25) is 0 Å². The minimum atomic E-state index is -1.20. The zero-order valence-electron chi connectivity index (χ0n) is 32.9. The number of ether oxygens (including phenoxy) is 1. The Morgan fingerprint density at radius 3 is 1.79 bits per heavy atom. The van der Waals surface area contributed by atoms with Gasteiger partial charge in [0, 0.05) is 84.6 Å². The molecule has 2 fully saturated rings. The Morgan fingerprint density at radius 1 is 0.776 bits per heavy atom. The van der Waals surface area contributed by atoms with Gasteiger partial charge in [0.1, 0.15) is 17.9 Å². The van der Waals surface area contributed by atoms with Crippen molar-refractivity contribution in [2.24, 2.45) is 5.41 Å². The number of carbonyl (C=O) groups is 9. The second-order valence-corrected chi connectivity index (χ2v) is 15.0. The van der Waals surface area contributed by atoms with E-state index in [1.165, 1.54) is 0 Å². The molecule has 3 rings (SSSR count). The van der Waals surface area contributed by atoms with E-state index in [1.54, 1.807) is 38.7 Å². The normalized spacial score (nSPS) is 23.3. The smallest absolute Gasteiger partial charge is 0.407 e. The van der Waals surface area contributed by atoms with Gasteiger partial charge in [-0.15, -0.1) is 5.06 Å². The Kier molecular flexibility index (Phi) is 19.1. The van der Waals surface area contributed by atoms with Gasteiger partial charge < -0.3 is 35.3 Å². The van der Waals surface area contributed by atoms with Gasteiger partial charge in [-0.3, -0.25) is 53.2 Å². The number of carboxylic acids is 4. The van der Waals surface area contributed by atoms with Crippen molar-refractivity contribution >= 4 is 53.5 Å². The van der Waals surface area contributed by atoms with Gasteiger partial charge in [0.05, 0.1) is 25.0 Å². The van der Waals surface area contributed by atoms with Gasteiger partial charge in [-0.25, -0.2) is 9.59 Å². The maximum atomic E-state index is 13.0. The number of ketones is 1. The van der Waals surface area contributed by atoms with Crippen LogP contribution in [0.15, 0.2) is 12.2 Å². The number of hydroxylamine groups is 2. The Balaban J connectivity index is 1.50. The van der Waals surface area contributed by atoms with Crippen molar-refractivity contribution < 1.29 is 73.2 Å². The summed E-state index contributed by atoms with van der Waals surface area (Å²) in [6.45, 7) is 1.84. The van der Waals surface area contributed by atoms with Crippen molar-refractivity contribution in [3.63, 3.8) is 0 Å². The summed E-state index contributed by atoms with van der Waals surface area (Å²) in [5.74, 6) is -6.64. The lowest BCUT2D eigenvalue weighted by atomic mass is 9.79. The summed E-state index contributed by atoms with van der Waals surface area (Å²) < 4.78 is 5.51. The number of amides is 3. The molecule has 0 spiro atoms. The topological polar surface area (TPSA) is 281 Å². The van der Waals surface area contributed by atoms with Crippen molar-refractivity contribution in [2.75, 3.05) is 78.5 Å². The summed E-state index contributed by atoms with van der Waals surface area (Å²) in [6.07, 6.45) is 3.47. The number of nitrogens with zero attached hydrogens (tertiary/aromatic N) is 5. The number of rotatable bonds is 18. The van der Waals surface area contributed by atoms with Gasteiger partial charge in [-0.05, 0) is 51.5 Å². The van der Waals surface area contributed by atoms with E-state index in [9.17, 15) is 63.6 Å². The molecule has 2 heterocycles. The number of carbonyl (C=O) groups excluding carboxylic acids is 5. The number of hydrogen-bond acceptors (Lipinski definition) is 15. The van der Waals surface area contributed by atoms with E-state index in [1.807, 2.05) is 0 Å². The fraction of sp³-hybridized carbons (Fsp3) is 0.703. The molecule has 3 amide bonds. The van der Waals surface area contributed by atoms with Gasteiger partial charge >= 0.3 is 35.9 Å². The van der Waals surface area contributed by atoms with Crippen LogP contribution in [0.1, 0.15) is 71.1 Å². The van der Waals surface area contributed by atoms with Gasteiger partial charge in [0.15, 0.2) is 0 Å². The summed E-state index contributed by atoms with van der Waals surface area (Å²) in [5.41, 5.74) is -1.04. The molecule has 0 bridgehead atoms. The molecule has 58 heavy (non-hydrogen) atoms. The number of Topliss-reactive ketones (excluding diaryl/α,β-unsaturated/α-hetero) is 1. The molecule has 3 aliphatic rings. The van der Waals surface area contributed by atoms with Crippen molar-refractivity contribution in [3.05, 3.63) is 12.2 Å². The first-order valence-electron chi connectivity index (χ1n) is 19.5. The second kappa shape index (κ2) is 23.4. The molecule has 2 saturated heterocycles. The molecular formula is C37H56N6O15. The molecule has 324 valence electrons. The van der Waals surface area contributed by atoms with Crippen LogP contribution in [0.25, 0.3) is 0 Å². The third-order valence-corrected chi connectivity index (χ3v) is 10.4. The molecule has 0 aromatic carbocycles. The minimum absolute atomic E-state index is 0.0224. The highest BCUT2D eigenvalue weighted by Gasteiger charge is 2.41. The molecule has 1 aliphatic carbocycles. The largest absolute Gasteiger partial charge is 0.480 e. The van der Waals surface area contributed by atoms with E-state index < -0.39 is 65.3 Å². The van der Waals surface area contributed by atoms with Gasteiger partial charge in [0.2, 0.25) is 0 Å². The number of carboxylic acid groups (broad SMARTS) is 4. The summed E-state index contributed by atoms with van der Waals surface area (Å²) in [7, 11) is 0. The van der Waals surface area contributed by atoms with E-state index >= 15 is 0 Å². The summed E-state index contributed by atoms with van der Waals surface area (Å²) in [4.78, 5) is 121. The van der Waals surface area contributed by atoms with E-state index in [2.05, 4.69) is 5.32 Å². The molecule has 0 radical (unpaired) electrons. The number of allylic oxidation sites excluding steroid dienone is 1. The van der Waals surface area contributed by atoms with E-state index in [0.29, 0.717) is 17.9 Å². The first-order chi connectivity index (χ1) is 27.4. The Bertz CT molecular complexity index is 1490. The van der Waals surface area contributed by atoms with Crippen LogP contribution in [-0.4, -0.2) is 189 Å². The lowest BCUT2D eigenvalue weighted by Crippen LogP contribution is -2.51. The van der Waals surface area contributed by atoms with Crippen LogP contribution in [0.3, 0.4) is 0 Å². The van der Waals surface area contributed by atoms with E-state index in [-0.39, 0.29) is 136 Å². The highest BCUT2D eigenvalue weighted by Crippen LogP contribution is 2.35. The van der Waals surface area contributed by atoms with Crippen LogP contribution in [-0.2, 0) is 47.9 Å². The predicted molar refractivity (Wildman–Crippen MR) is 200 cm³/mol. The van der Waals surface area contributed by atoms with E-state index in [0.717, 1.165) is 0 Å². The average Bonchev–Trinajstić information content (AvgIpc) is 3.45.